The first-order chi connectivity index (χ1) is 10.1. The molecule has 0 bridgehead atoms. The van der Waals surface area contributed by atoms with Gasteiger partial charge in [-0.2, -0.15) is 5.10 Å². The second-order valence-electron chi connectivity index (χ2n) is 4.32. The minimum absolute atomic E-state index is 0.154. The van der Waals surface area contributed by atoms with Gasteiger partial charge in [0.25, 0.3) is 5.91 Å². The Kier molecular flexibility index (Phi) is 3.19. The van der Waals surface area contributed by atoms with Crippen molar-refractivity contribution in [2.24, 2.45) is 7.05 Å². The third kappa shape index (κ3) is 2.50. The van der Waals surface area contributed by atoms with Crippen LogP contribution in [-0.4, -0.2) is 30.5 Å². The fourth-order valence-corrected chi connectivity index (χ4v) is 1.78. The summed E-state index contributed by atoms with van der Waals surface area (Å²) in [5, 5.41) is 14.0. The highest BCUT2D eigenvalue weighted by molar-refractivity contribution is 6.01. The Morgan fingerprint density at radius 2 is 2.10 bits per heavy atom. The van der Waals surface area contributed by atoms with Crippen LogP contribution in [0.25, 0.3) is 5.69 Å². The topological polar surface area (TPSA) is 77.6 Å². The molecule has 0 spiro atoms. The van der Waals surface area contributed by atoms with Crippen LogP contribution in [0.15, 0.2) is 42.9 Å². The Morgan fingerprint density at radius 3 is 2.81 bits per heavy atom. The van der Waals surface area contributed by atoms with Gasteiger partial charge < -0.3 is 4.57 Å². The molecule has 3 aromatic rings. The van der Waals surface area contributed by atoms with E-state index in [0.717, 1.165) is 0 Å². The molecule has 7 nitrogen and oxygen atoms in total. The van der Waals surface area contributed by atoms with Gasteiger partial charge in [-0.25, -0.2) is 9.07 Å². The molecule has 1 N–H and O–H groups in total. The van der Waals surface area contributed by atoms with E-state index >= 15 is 0 Å². The van der Waals surface area contributed by atoms with Gasteiger partial charge in [0.05, 0.1) is 0 Å². The van der Waals surface area contributed by atoms with Crippen molar-refractivity contribution in [1.29, 1.82) is 0 Å². The zero-order chi connectivity index (χ0) is 14.8. The Balaban J connectivity index is 1.84. The lowest BCUT2D eigenvalue weighted by molar-refractivity contribution is 0.102. The lowest BCUT2D eigenvalue weighted by Gasteiger charge is -2.03. The van der Waals surface area contributed by atoms with Crippen molar-refractivity contribution < 1.29 is 9.18 Å². The molecule has 1 aromatic carbocycles. The second-order valence-corrected chi connectivity index (χ2v) is 4.32. The van der Waals surface area contributed by atoms with Crippen LogP contribution in [0.3, 0.4) is 0 Å². The molecule has 106 valence electrons. The van der Waals surface area contributed by atoms with Gasteiger partial charge in [-0.1, -0.05) is 12.1 Å². The van der Waals surface area contributed by atoms with Gasteiger partial charge >= 0.3 is 0 Å². The SMILES string of the molecule is Cn1cnnc1NC(=O)c1ccn(-c2ccccc2F)n1. The van der Waals surface area contributed by atoms with Gasteiger partial charge in [0.15, 0.2) is 5.69 Å². The maximum atomic E-state index is 13.7. The third-order valence-electron chi connectivity index (χ3n) is 2.86. The number of anilines is 1. The van der Waals surface area contributed by atoms with Crippen molar-refractivity contribution in [3.63, 3.8) is 0 Å². The summed E-state index contributed by atoms with van der Waals surface area (Å²) in [6, 6.07) is 7.69. The number of nitrogens with zero attached hydrogens (tertiary/aromatic N) is 5. The number of aromatic nitrogens is 5. The number of halogens is 1. The fourth-order valence-electron chi connectivity index (χ4n) is 1.78. The highest BCUT2D eigenvalue weighted by Gasteiger charge is 2.14. The average molecular weight is 286 g/mol. The van der Waals surface area contributed by atoms with Crippen molar-refractivity contribution in [1.82, 2.24) is 24.5 Å². The zero-order valence-corrected chi connectivity index (χ0v) is 11.1. The van der Waals surface area contributed by atoms with Crippen LogP contribution in [0.2, 0.25) is 0 Å². The second kappa shape index (κ2) is 5.16. The van der Waals surface area contributed by atoms with E-state index in [1.165, 1.54) is 29.3 Å². The molecule has 0 radical (unpaired) electrons. The Labute approximate surface area is 119 Å². The van der Waals surface area contributed by atoms with Gasteiger partial charge in [-0.15, -0.1) is 10.2 Å². The molecule has 0 fully saturated rings. The van der Waals surface area contributed by atoms with Crippen LogP contribution in [0.5, 0.6) is 0 Å². The van der Waals surface area contributed by atoms with Crippen molar-refractivity contribution in [3.8, 4) is 5.69 Å². The lowest BCUT2D eigenvalue weighted by atomic mass is 10.3. The zero-order valence-electron chi connectivity index (χ0n) is 11.1. The smallest absolute Gasteiger partial charge is 0.278 e. The monoisotopic (exact) mass is 286 g/mol. The van der Waals surface area contributed by atoms with E-state index in [2.05, 4.69) is 20.6 Å². The van der Waals surface area contributed by atoms with Gasteiger partial charge in [0, 0.05) is 13.2 Å². The van der Waals surface area contributed by atoms with Crippen molar-refractivity contribution in [3.05, 3.63) is 54.4 Å². The summed E-state index contributed by atoms with van der Waals surface area (Å²) in [5.41, 5.74) is 0.427. The van der Waals surface area contributed by atoms with Crippen LogP contribution in [-0.2, 0) is 7.05 Å². The number of nitrogens with one attached hydrogen (secondary N) is 1. The molecule has 0 aliphatic heterocycles. The number of benzene rings is 1. The normalized spacial score (nSPS) is 10.6. The molecule has 8 heteroatoms. The first-order valence-electron chi connectivity index (χ1n) is 6.11. The number of carbonyl (C=O) groups excluding carboxylic acids is 1. The number of hydrogen-bond acceptors (Lipinski definition) is 4. The maximum absolute atomic E-state index is 13.7. The largest absolute Gasteiger partial charge is 0.303 e. The average Bonchev–Trinajstić information content (AvgIpc) is 3.09. The van der Waals surface area contributed by atoms with E-state index in [-0.39, 0.29) is 11.4 Å². The number of aryl methyl sites for hydroxylation is 1. The molecule has 0 atom stereocenters. The maximum Gasteiger partial charge on any atom is 0.278 e. The van der Waals surface area contributed by atoms with E-state index in [9.17, 15) is 9.18 Å². The molecule has 1 amide bonds. The summed E-state index contributed by atoms with van der Waals surface area (Å²) in [6.45, 7) is 0. The van der Waals surface area contributed by atoms with Gasteiger partial charge in [-0.05, 0) is 18.2 Å². The Hall–Kier alpha value is -3.03. The molecule has 0 saturated heterocycles. The van der Waals surface area contributed by atoms with Gasteiger partial charge in [-0.3, -0.25) is 10.1 Å². The van der Waals surface area contributed by atoms with Crippen LogP contribution in [0, 0.1) is 5.82 Å². The number of carbonyl (C=O) groups is 1. The Morgan fingerprint density at radius 1 is 1.29 bits per heavy atom. The summed E-state index contributed by atoms with van der Waals surface area (Å²) >= 11 is 0. The van der Waals surface area contributed by atoms with E-state index in [0.29, 0.717) is 5.95 Å². The molecular weight excluding hydrogens is 275 g/mol. The lowest BCUT2D eigenvalue weighted by Crippen LogP contribution is -2.16. The molecule has 0 unspecified atom stereocenters. The number of rotatable bonds is 3. The minimum Gasteiger partial charge on any atom is -0.303 e. The summed E-state index contributed by atoms with van der Waals surface area (Å²) in [5.74, 6) is -0.553. The Bertz CT molecular complexity index is 793. The summed E-state index contributed by atoms with van der Waals surface area (Å²) in [4.78, 5) is 12.0. The quantitative estimate of drug-likeness (QED) is 0.789. The van der Waals surface area contributed by atoms with Crippen LogP contribution in [0.1, 0.15) is 10.5 Å². The summed E-state index contributed by atoms with van der Waals surface area (Å²) in [7, 11) is 1.70. The molecule has 21 heavy (non-hydrogen) atoms. The molecule has 2 heterocycles. The fraction of sp³-hybridized carbons (Fsp3) is 0.0769. The molecule has 2 aromatic heterocycles. The third-order valence-corrected chi connectivity index (χ3v) is 2.86. The molecule has 3 rings (SSSR count). The van der Waals surface area contributed by atoms with Gasteiger partial charge in [0.1, 0.15) is 17.8 Å². The summed E-state index contributed by atoms with van der Waals surface area (Å²) in [6.07, 6.45) is 2.98. The van der Waals surface area contributed by atoms with Crippen LogP contribution in [0.4, 0.5) is 10.3 Å². The van der Waals surface area contributed by atoms with E-state index in [4.69, 9.17) is 0 Å². The first-order valence-corrected chi connectivity index (χ1v) is 6.11. The van der Waals surface area contributed by atoms with Crippen molar-refractivity contribution in [2.45, 2.75) is 0 Å². The highest BCUT2D eigenvalue weighted by Crippen LogP contribution is 2.12. The molecular formula is C13H11FN6O. The van der Waals surface area contributed by atoms with E-state index < -0.39 is 11.7 Å². The predicted molar refractivity (Wildman–Crippen MR) is 72.5 cm³/mol. The highest BCUT2D eigenvalue weighted by atomic mass is 19.1. The first kappa shape index (κ1) is 13.0. The van der Waals surface area contributed by atoms with E-state index in [1.54, 1.807) is 29.8 Å². The van der Waals surface area contributed by atoms with Crippen molar-refractivity contribution >= 4 is 11.9 Å². The summed E-state index contributed by atoms with van der Waals surface area (Å²) < 4.78 is 16.5. The molecule has 0 aliphatic rings. The molecule has 0 saturated carbocycles. The van der Waals surface area contributed by atoms with Crippen LogP contribution < -0.4 is 5.32 Å². The van der Waals surface area contributed by atoms with E-state index in [1.807, 2.05) is 0 Å². The van der Waals surface area contributed by atoms with Crippen molar-refractivity contribution in [2.75, 3.05) is 5.32 Å². The standard InChI is InChI=1S/C13H11FN6O/c1-19-8-15-17-13(19)16-12(21)10-6-7-20(18-10)11-5-3-2-4-9(11)14/h2-8H,1H3,(H,16,17,21). The predicted octanol–water partition coefficient (Wildman–Crippen LogP) is 1.39. The van der Waals surface area contributed by atoms with Gasteiger partial charge in [0.2, 0.25) is 5.95 Å². The number of amides is 1. The minimum atomic E-state index is -0.443. The number of hydrogen-bond donors (Lipinski definition) is 1. The number of para-hydroxylation sites is 1. The molecule has 0 aliphatic carbocycles. The van der Waals surface area contributed by atoms with Crippen LogP contribution >= 0.6 is 0 Å².